The van der Waals surface area contributed by atoms with Gasteiger partial charge in [-0.05, 0) is 50.6 Å². The molecule has 12 nitrogen and oxygen atoms in total. The molecule has 5 rings (SSSR count). The Morgan fingerprint density at radius 1 is 1.21 bits per heavy atom. The minimum absolute atomic E-state index is 0.00893. The van der Waals surface area contributed by atoms with Crippen molar-refractivity contribution >= 4 is 31.1 Å². The molecule has 212 valence electrons. The standard InChI is InChI=1S/C25H33N5O7S2/c1-26-38(32,33)22-4-2-3-21(12-22)36-17-20(31)14-28-19-13-25(37-16-19)6-9-30(10-7-25)39(34,35)23-11-18-5-8-27-24(18)29-15-23/h2-5,8,11-12,15,19-20,26,28,31H,6-7,9-10,13-14,16-17H2,1H3,(H,27,29)/t19-,20+/m1/s1. The van der Waals surface area contributed by atoms with Crippen molar-refractivity contribution in [2.75, 3.05) is 39.9 Å². The van der Waals surface area contributed by atoms with Gasteiger partial charge in [0.15, 0.2) is 0 Å². The SMILES string of the molecule is CNS(=O)(=O)c1cccc(OC[C@@H](O)CN[C@H]2COC3(CCN(S(=O)(=O)c4cnc5[nH]ccc5c4)CC3)C2)c1. The van der Waals surface area contributed by atoms with E-state index in [0.717, 1.165) is 11.8 Å². The number of aliphatic hydroxyl groups is 1. The minimum Gasteiger partial charge on any atom is -0.491 e. The first-order valence-electron chi connectivity index (χ1n) is 12.8. The number of rotatable bonds is 10. The highest BCUT2D eigenvalue weighted by Gasteiger charge is 2.44. The zero-order valence-corrected chi connectivity index (χ0v) is 23.2. The maximum atomic E-state index is 13.2. The van der Waals surface area contributed by atoms with Gasteiger partial charge in [0.2, 0.25) is 20.0 Å². The van der Waals surface area contributed by atoms with Crippen molar-refractivity contribution in [2.24, 2.45) is 0 Å². The number of H-pyrrole nitrogens is 1. The molecule has 2 saturated heterocycles. The molecule has 0 saturated carbocycles. The van der Waals surface area contributed by atoms with E-state index in [9.17, 15) is 21.9 Å². The van der Waals surface area contributed by atoms with Gasteiger partial charge in [0.05, 0.1) is 17.1 Å². The molecule has 0 amide bonds. The lowest BCUT2D eigenvalue weighted by molar-refractivity contribution is -0.0312. The van der Waals surface area contributed by atoms with Crippen molar-refractivity contribution in [1.82, 2.24) is 24.3 Å². The normalized spacial score (nSPS) is 20.9. The van der Waals surface area contributed by atoms with Crippen molar-refractivity contribution in [3.05, 3.63) is 48.8 Å². The molecular formula is C25H33N5O7S2. The quantitative estimate of drug-likeness (QED) is 0.272. The number of hydrogen-bond acceptors (Lipinski definition) is 9. The van der Waals surface area contributed by atoms with E-state index in [2.05, 4.69) is 20.0 Å². The van der Waals surface area contributed by atoms with E-state index in [1.807, 2.05) is 0 Å². The van der Waals surface area contributed by atoms with Gasteiger partial charge in [-0.15, -0.1) is 0 Å². The third kappa shape index (κ3) is 6.11. The molecule has 1 spiro atoms. The number of hydrogen-bond donors (Lipinski definition) is 4. The van der Waals surface area contributed by atoms with Crippen LogP contribution in [0.5, 0.6) is 5.75 Å². The molecule has 1 aromatic carbocycles. The predicted molar refractivity (Wildman–Crippen MR) is 143 cm³/mol. The Hall–Kier alpha value is -2.59. The number of nitrogens with zero attached hydrogens (tertiary/aromatic N) is 2. The number of ether oxygens (including phenoxy) is 2. The number of fused-ring (bicyclic) bond motifs is 1. The van der Waals surface area contributed by atoms with Gasteiger partial charge in [0.1, 0.15) is 29.0 Å². The molecule has 0 radical (unpaired) electrons. The zero-order chi connectivity index (χ0) is 27.7. The number of piperidine rings is 1. The van der Waals surface area contributed by atoms with E-state index in [1.54, 1.807) is 30.5 Å². The monoisotopic (exact) mass is 579 g/mol. The topological polar surface area (TPSA) is 163 Å². The minimum atomic E-state index is -3.65. The average Bonchev–Trinajstić information content (AvgIpc) is 3.58. The second-order valence-electron chi connectivity index (χ2n) is 9.94. The number of pyridine rings is 1. The first-order valence-corrected chi connectivity index (χ1v) is 15.7. The highest BCUT2D eigenvalue weighted by Crippen LogP contribution is 2.37. The van der Waals surface area contributed by atoms with Crippen molar-refractivity contribution in [3.63, 3.8) is 0 Å². The summed E-state index contributed by atoms with van der Waals surface area (Å²) in [7, 11) is -5.90. The maximum Gasteiger partial charge on any atom is 0.244 e. The summed E-state index contributed by atoms with van der Waals surface area (Å²) in [6.45, 7) is 1.45. The van der Waals surface area contributed by atoms with Crippen LogP contribution >= 0.6 is 0 Å². The van der Waals surface area contributed by atoms with Crippen molar-refractivity contribution in [3.8, 4) is 5.75 Å². The van der Waals surface area contributed by atoms with Gasteiger partial charge in [-0.25, -0.2) is 26.5 Å². The summed E-state index contributed by atoms with van der Waals surface area (Å²) >= 11 is 0. The van der Waals surface area contributed by atoms with E-state index < -0.39 is 31.8 Å². The summed E-state index contributed by atoms with van der Waals surface area (Å²) in [5.74, 6) is 0.346. The van der Waals surface area contributed by atoms with Crippen molar-refractivity contribution in [1.29, 1.82) is 0 Å². The van der Waals surface area contributed by atoms with Crippen LogP contribution in [0.2, 0.25) is 0 Å². The lowest BCUT2D eigenvalue weighted by Gasteiger charge is -2.38. The smallest absolute Gasteiger partial charge is 0.244 e. The first-order chi connectivity index (χ1) is 18.6. The number of aromatic amines is 1. The van der Waals surface area contributed by atoms with Crippen LogP contribution in [0, 0.1) is 0 Å². The fourth-order valence-corrected chi connectivity index (χ4v) is 7.26. The Morgan fingerprint density at radius 2 is 2.00 bits per heavy atom. The molecule has 2 fully saturated rings. The Kier molecular flexibility index (Phi) is 7.97. The second kappa shape index (κ2) is 11.1. The predicted octanol–water partition coefficient (Wildman–Crippen LogP) is 0.813. The van der Waals surface area contributed by atoms with E-state index >= 15 is 0 Å². The second-order valence-corrected chi connectivity index (χ2v) is 13.8. The number of aromatic nitrogens is 2. The van der Waals surface area contributed by atoms with E-state index in [0.29, 0.717) is 43.9 Å². The van der Waals surface area contributed by atoms with Gasteiger partial charge < -0.3 is 24.9 Å². The van der Waals surface area contributed by atoms with Crippen LogP contribution in [0.3, 0.4) is 0 Å². The van der Waals surface area contributed by atoms with Gasteiger partial charge >= 0.3 is 0 Å². The summed E-state index contributed by atoms with van der Waals surface area (Å²) in [6.07, 6.45) is 4.19. The highest BCUT2D eigenvalue weighted by molar-refractivity contribution is 7.89. The first kappa shape index (κ1) is 28.0. The molecule has 2 aliphatic heterocycles. The largest absolute Gasteiger partial charge is 0.491 e. The molecule has 2 aromatic heterocycles. The number of benzene rings is 1. The average molecular weight is 580 g/mol. The van der Waals surface area contributed by atoms with Gasteiger partial charge in [0, 0.05) is 49.5 Å². The van der Waals surface area contributed by atoms with Gasteiger partial charge in [-0.3, -0.25) is 0 Å². The Bertz CT molecular complexity index is 1520. The highest BCUT2D eigenvalue weighted by atomic mass is 32.2. The fourth-order valence-electron chi connectivity index (χ4n) is 5.07. The Morgan fingerprint density at radius 3 is 2.77 bits per heavy atom. The third-order valence-corrected chi connectivity index (χ3v) is 10.6. The van der Waals surface area contributed by atoms with Gasteiger partial charge in [-0.2, -0.15) is 4.31 Å². The van der Waals surface area contributed by atoms with Crippen LogP contribution in [-0.2, 0) is 24.8 Å². The third-order valence-electron chi connectivity index (χ3n) is 7.32. The molecule has 0 unspecified atom stereocenters. The maximum absolute atomic E-state index is 13.2. The van der Waals surface area contributed by atoms with Crippen LogP contribution < -0.4 is 14.8 Å². The molecule has 3 aromatic rings. The zero-order valence-electron chi connectivity index (χ0n) is 21.5. The summed E-state index contributed by atoms with van der Waals surface area (Å²) < 4.78 is 65.8. The van der Waals surface area contributed by atoms with Crippen molar-refractivity contribution in [2.45, 2.75) is 46.8 Å². The molecule has 39 heavy (non-hydrogen) atoms. The van der Waals surface area contributed by atoms with Crippen LogP contribution in [0.1, 0.15) is 19.3 Å². The molecular weight excluding hydrogens is 546 g/mol. The Labute approximate surface area is 227 Å². The van der Waals surface area contributed by atoms with E-state index in [4.69, 9.17) is 9.47 Å². The number of aliphatic hydroxyl groups excluding tert-OH is 1. The van der Waals surface area contributed by atoms with Crippen LogP contribution in [0.25, 0.3) is 11.0 Å². The summed E-state index contributed by atoms with van der Waals surface area (Å²) in [4.78, 5) is 7.45. The molecule has 2 aliphatic rings. The van der Waals surface area contributed by atoms with Crippen LogP contribution in [0.15, 0.2) is 58.6 Å². The number of sulfonamides is 2. The van der Waals surface area contributed by atoms with Gasteiger partial charge in [0.25, 0.3) is 0 Å². The van der Waals surface area contributed by atoms with E-state index in [-0.39, 0.29) is 29.0 Å². The molecule has 4 N–H and O–H groups in total. The Balaban J connectivity index is 1.08. The summed E-state index contributed by atoms with van der Waals surface area (Å²) in [5, 5.41) is 14.5. The van der Waals surface area contributed by atoms with Gasteiger partial charge in [-0.1, -0.05) is 6.07 Å². The van der Waals surface area contributed by atoms with Crippen molar-refractivity contribution < 1.29 is 31.4 Å². The molecule has 0 aliphatic carbocycles. The fraction of sp³-hybridized carbons (Fsp3) is 0.480. The van der Waals surface area contributed by atoms with Crippen LogP contribution in [-0.4, -0.2) is 93.9 Å². The lowest BCUT2D eigenvalue weighted by atomic mass is 9.88. The van der Waals surface area contributed by atoms with Crippen LogP contribution in [0.4, 0.5) is 0 Å². The lowest BCUT2D eigenvalue weighted by Crippen LogP contribution is -2.47. The summed E-state index contributed by atoms with van der Waals surface area (Å²) in [6, 6.07) is 9.53. The molecule has 0 bridgehead atoms. The molecule has 4 heterocycles. The molecule has 2 atom stereocenters. The van der Waals surface area contributed by atoms with E-state index in [1.165, 1.54) is 29.7 Å². The molecule has 14 heteroatoms. The number of nitrogens with one attached hydrogen (secondary N) is 3. The summed E-state index contributed by atoms with van der Waals surface area (Å²) in [5.41, 5.74) is 0.253.